The average Bonchev–Trinajstić information content (AvgIpc) is 3.06. The topological polar surface area (TPSA) is 62.5 Å². The number of aryl methyl sites for hydroxylation is 1. The Balaban J connectivity index is 1.70. The van der Waals surface area contributed by atoms with Crippen LogP contribution in [0.15, 0.2) is 91.0 Å². The molecule has 5 heteroatoms. The Labute approximate surface area is 174 Å². The Morgan fingerprint density at radius 2 is 1.43 bits per heavy atom. The number of aromatic nitrogens is 1. The monoisotopic (exact) mass is 413 g/mol. The van der Waals surface area contributed by atoms with Crippen LogP contribution in [0.3, 0.4) is 0 Å². The molecular weight excluding hydrogens is 393 g/mol. The molecule has 30 heavy (non-hydrogen) atoms. The molecule has 5 rings (SSSR count). The fourth-order valence-electron chi connectivity index (χ4n) is 4.03. The predicted molar refractivity (Wildman–Crippen MR) is 123 cm³/mol. The third-order valence-electron chi connectivity index (χ3n) is 5.47. The fraction of sp³-hybridized carbons (Fsp3) is 0.0400. The van der Waals surface area contributed by atoms with E-state index < -0.39 is 7.60 Å². The zero-order valence-corrected chi connectivity index (χ0v) is 17.3. The van der Waals surface area contributed by atoms with E-state index in [0.717, 1.165) is 27.8 Å². The van der Waals surface area contributed by atoms with Crippen LogP contribution in [0.25, 0.3) is 38.6 Å². The Morgan fingerprint density at radius 3 is 2.20 bits per heavy atom. The molecule has 148 valence electrons. The van der Waals surface area contributed by atoms with Crippen LogP contribution in [-0.2, 0) is 4.57 Å². The molecule has 2 N–H and O–H groups in total. The number of fused-ring (bicyclic) bond motifs is 3. The van der Waals surface area contributed by atoms with Gasteiger partial charge in [-0.1, -0.05) is 54.6 Å². The minimum absolute atomic E-state index is 0.0280. The molecule has 4 nitrogen and oxygen atoms in total. The number of rotatable bonds is 3. The van der Waals surface area contributed by atoms with E-state index in [0.29, 0.717) is 0 Å². The lowest BCUT2D eigenvalue weighted by Gasteiger charge is -2.11. The van der Waals surface area contributed by atoms with E-state index >= 15 is 0 Å². The Bertz CT molecular complexity index is 1450. The van der Waals surface area contributed by atoms with Crippen molar-refractivity contribution >= 4 is 34.7 Å². The van der Waals surface area contributed by atoms with Crippen molar-refractivity contribution in [1.29, 1.82) is 0 Å². The summed E-state index contributed by atoms with van der Waals surface area (Å²) in [5.74, 6) is 0. The summed E-state index contributed by atoms with van der Waals surface area (Å²) in [6, 6.07) is 29.6. The van der Waals surface area contributed by atoms with E-state index in [1.807, 2.05) is 12.1 Å². The number of hydrogen-bond donors (Lipinski definition) is 2. The first-order valence-electron chi connectivity index (χ1n) is 9.69. The highest BCUT2D eigenvalue weighted by Crippen LogP contribution is 2.35. The fourth-order valence-corrected chi connectivity index (χ4v) is 4.57. The number of benzene rings is 4. The van der Waals surface area contributed by atoms with Gasteiger partial charge in [0.1, 0.15) is 0 Å². The summed E-state index contributed by atoms with van der Waals surface area (Å²) in [5.41, 5.74) is 6.45. The van der Waals surface area contributed by atoms with Crippen molar-refractivity contribution in [3.8, 4) is 16.8 Å². The van der Waals surface area contributed by atoms with Gasteiger partial charge in [0.05, 0.1) is 16.3 Å². The lowest BCUT2D eigenvalue weighted by Crippen LogP contribution is -2.02. The van der Waals surface area contributed by atoms with Gasteiger partial charge in [-0.15, -0.1) is 0 Å². The highest BCUT2D eigenvalue weighted by Gasteiger charge is 2.17. The van der Waals surface area contributed by atoms with Gasteiger partial charge in [0.15, 0.2) is 0 Å². The molecule has 0 saturated carbocycles. The highest BCUT2D eigenvalue weighted by molar-refractivity contribution is 7.60. The molecule has 0 aliphatic heterocycles. The van der Waals surface area contributed by atoms with Gasteiger partial charge in [-0.2, -0.15) is 0 Å². The molecule has 0 spiro atoms. The van der Waals surface area contributed by atoms with Crippen LogP contribution >= 0.6 is 7.60 Å². The summed E-state index contributed by atoms with van der Waals surface area (Å²) >= 11 is 0. The van der Waals surface area contributed by atoms with Crippen molar-refractivity contribution in [3.05, 3.63) is 96.6 Å². The molecule has 0 unspecified atom stereocenters. The second kappa shape index (κ2) is 6.96. The molecule has 0 saturated heterocycles. The molecule has 0 aliphatic rings. The Morgan fingerprint density at radius 1 is 0.700 bits per heavy atom. The molecule has 0 radical (unpaired) electrons. The predicted octanol–water partition coefficient (Wildman–Crippen LogP) is 5.56. The second-order valence-electron chi connectivity index (χ2n) is 7.51. The van der Waals surface area contributed by atoms with Crippen LogP contribution in [0.5, 0.6) is 0 Å². The van der Waals surface area contributed by atoms with E-state index in [4.69, 9.17) is 0 Å². The molecule has 0 fully saturated rings. The van der Waals surface area contributed by atoms with Crippen LogP contribution in [0, 0.1) is 6.92 Å². The second-order valence-corrected chi connectivity index (χ2v) is 9.12. The first-order chi connectivity index (χ1) is 14.4. The van der Waals surface area contributed by atoms with Gasteiger partial charge in [-0.3, -0.25) is 4.57 Å². The van der Waals surface area contributed by atoms with Crippen molar-refractivity contribution in [3.63, 3.8) is 0 Å². The van der Waals surface area contributed by atoms with Crippen LogP contribution in [0.4, 0.5) is 0 Å². The molecule has 0 bridgehead atoms. The summed E-state index contributed by atoms with van der Waals surface area (Å²) in [5, 5.41) is 2.46. The smallest absolute Gasteiger partial charge is 0.321 e. The Kier molecular flexibility index (Phi) is 4.37. The van der Waals surface area contributed by atoms with Gasteiger partial charge < -0.3 is 14.4 Å². The number of nitrogens with zero attached hydrogens (tertiary/aromatic N) is 1. The molecule has 5 aromatic rings. The summed E-state index contributed by atoms with van der Waals surface area (Å²) in [6.07, 6.45) is 0. The van der Waals surface area contributed by atoms with Crippen molar-refractivity contribution in [1.82, 2.24) is 4.57 Å². The van der Waals surface area contributed by atoms with Crippen LogP contribution in [-0.4, -0.2) is 14.4 Å². The normalized spacial score (nSPS) is 12.0. The molecule has 0 atom stereocenters. The standard InChI is InChI=1S/C25H20NO3P/c1-17-9-14-23-22-7-2-3-8-24(22)26(25(23)15-17)20-6-4-5-19(16-20)18-10-12-21(13-11-18)30(27,28)29/h2-16H,1H3,(H2,27,28,29). The van der Waals surface area contributed by atoms with Crippen LogP contribution in [0.2, 0.25) is 0 Å². The van der Waals surface area contributed by atoms with E-state index in [1.165, 1.54) is 28.5 Å². The third kappa shape index (κ3) is 3.16. The van der Waals surface area contributed by atoms with E-state index in [-0.39, 0.29) is 5.30 Å². The van der Waals surface area contributed by atoms with Gasteiger partial charge in [-0.25, -0.2) is 0 Å². The van der Waals surface area contributed by atoms with Gasteiger partial charge in [0.2, 0.25) is 0 Å². The molecule has 1 aromatic heterocycles. The van der Waals surface area contributed by atoms with E-state index in [9.17, 15) is 14.4 Å². The Hall–Kier alpha value is -3.17. The maximum absolute atomic E-state index is 11.5. The zero-order valence-electron chi connectivity index (χ0n) is 16.4. The lowest BCUT2D eigenvalue weighted by molar-refractivity contribution is 0.387. The molecule has 0 aliphatic carbocycles. The van der Waals surface area contributed by atoms with Crippen molar-refractivity contribution in [2.24, 2.45) is 0 Å². The molecular formula is C25H20NO3P. The first kappa shape index (κ1) is 18.8. The largest absolute Gasteiger partial charge is 0.356 e. The van der Waals surface area contributed by atoms with E-state index in [1.54, 1.807) is 12.1 Å². The number of para-hydroxylation sites is 1. The van der Waals surface area contributed by atoms with Crippen molar-refractivity contribution in [2.75, 3.05) is 0 Å². The quantitative estimate of drug-likeness (QED) is 0.381. The number of hydrogen-bond acceptors (Lipinski definition) is 1. The third-order valence-corrected chi connectivity index (χ3v) is 6.44. The van der Waals surface area contributed by atoms with E-state index in [2.05, 4.69) is 66.1 Å². The SMILES string of the molecule is Cc1ccc2c3ccccc3n(-c3cccc(-c4ccc(P(=O)(O)O)cc4)c3)c2c1. The lowest BCUT2D eigenvalue weighted by atomic mass is 10.1. The average molecular weight is 413 g/mol. The summed E-state index contributed by atoms with van der Waals surface area (Å²) in [7, 11) is -4.24. The van der Waals surface area contributed by atoms with Crippen molar-refractivity contribution in [2.45, 2.75) is 6.92 Å². The van der Waals surface area contributed by atoms with Gasteiger partial charge >= 0.3 is 7.60 Å². The highest BCUT2D eigenvalue weighted by atomic mass is 31.2. The maximum atomic E-state index is 11.5. The summed E-state index contributed by atoms with van der Waals surface area (Å²) in [6.45, 7) is 2.10. The molecule has 0 amide bonds. The first-order valence-corrected chi connectivity index (χ1v) is 11.3. The summed E-state index contributed by atoms with van der Waals surface area (Å²) in [4.78, 5) is 18.7. The van der Waals surface area contributed by atoms with Gasteiger partial charge in [-0.05, 0) is 60.0 Å². The zero-order chi connectivity index (χ0) is 20.9. The minimum atomic E-state index is -4.24. The van der Waals surface area contributed by atoms with Crippen LogP contribution < -0.4 is 5.30 Å². The van der Waals surface area contributed by atoms with Gasteiger partial charge in [0, 0.05) is 16.5 Å². The molecule has 1 heterocycles. The van der Waals surface area contributed by atoms with Crippen molar-refractivity contribution < 1.29 is 14.4 Å². The van der Waals surface area contributed by atoms with Gasteiger partial charge in [0.25, 0.3) is 0 Å². The van der Waals surface area contributed by atoms with Crippen LogP contribution in [0.1, 0.15) is 5.56 Å². The minimum Gasteiger partial charge on any atom is -0.321 e. The summed E-state index contributed by atoms with van der Waals surface area (Å²) < 4.78 is 13.7. The maximum Gasteiger partial charge on any atom is 0.356 e. The molecule has 4 aromatic carbocycles.